The number of sulfonamides is 1. The summed E-state index contributed by atoms with van der Waals surface area (Å²) in [5.41, 5.74) is 2.14. The number of hydrogen-bond donors (Lipinski definition) is 1. The van der Waals surface area contributed by atoms with Crippen LogP contribution in [-0.4, -0.2) is 110 Å². The summed E-state index contributed by atoms with van der Waals surface area (Å²) in [6.45, 7) is 16.5. The van der Waals surface area contributed by atoms with E-state index in [0.29, 0.717) is 26.2 Å². The molecule has 0 aromatic rings. The van der Waals surface area contributed by atoms with Crippen molar-refractivity contribution in [3.05, 3.63) is 34.9 Å². The van der Waals surface area contributed by atoms with E-state index in [4.69, 9.17) is 25.3 Å². The van der Waals surface area contributed by atoms with Gasteiger partial charge in [0.15, 0.2) is 5.78 Å². The highest BCUT2D eigenvalue weighted by Crippen LogP contribution is 2.19. The van der Waals surface area contributed by atoms with Crippen LogP contribution in [0.2, 0.25) is 0 Å². The van der Waals surface area contributed by atoms with E-state index in [1.54, 1.807) is 38.7 Å². The van der Waals surface area contributed by atoms with Crippen LogP contribution in [0.3, 0.4) is 0 Å². The first kappa shape index (κ1) is 48.7. The number of carbonyl (C=O) groups is 3. The zero-order chi connectivity index (χ0) is 34.4. The molecule has 4 aliphatic rings. The van der Waals surface area contributed by atoms with E-state index in [9.17, 15) is 22.8 Å². The van der Waals surface area contributed by atoms with Gasteiger partial charge < -0.3 is 19.7 Å². The molecule has 14 nitrogen and oxygen atoms in total. The molecule has 4 fully saturated rings. The fraction of sp³-hybridized carbons (Fsp3) is 0.613. The average Bonchev–Trinajstić information content (AvgIpc) is 2.82. The summed E-state index contributed by atoms with van der Waals surface area (Å²) in [5.74, 6) is 0.216. The van der Waals surface area contributed by atoms with Gasteiger partial charge in [0.05, 0.1) is 37.1 Å². The molecule has 48 heavy (non-hydrogen) atoms. The van der Waals surface area contributed by atoms with E-state index >= 15 is 0 Å². The maximum absolute atomic E-state index is 11.4. The van der Waals surface area contributed by atoms with Crippen molar-refractivity contribution >= 4 is 52.8 Å². The number of likely N-dealkylation sites (tertiary alicyclic amines) is 2. The Morgan fingerprint density at radius 3 is 1.38 bits per heavy atom. The molecule has 270 valence electrons. The lowest BCUT2D eigenvalue weighted by Gasteiger charge is -2.34. The molecule has 0 radical (unpaired) electrons. The number of Topliss-reactive ketones (excluding diaryl/α,β-unsaturated/α-hetero) is 1. The number of ether oxygens (including phenoxy) is 2. The van der Waals surface area contributed by atoms with Gasteiger partial charge >= 0.3 is 12.2 Å². The summed E-state index contributed by atoms with van der Waals surface area (Å²) < 4.78 is 33.8. The Balaban J connectivity index is -0.000000562. The molecule has 17 heteroatoms. The molecule has 4 aliphatic heterocycles. The lowest BCUT2D eigenvalue weighted by atomic mass is 10.1. The van der Waals surface area contributed by atoms with Gasteiger partial charge in [0.1, 0.15) is 11.2 Å². The summed E-state index contributed by atoms with van der Waals surface area (Å²) in [5, 5.41) is 27.7. The highest BCUT2D eigenvalue weighted by atomic mass is 35.5. The minimum Gasteiger partial charge on any atom is -0.444 e. The van der Waals surface area contributed by atoms with E-state index in [1.165, 1.54) is 26.9 Å². The van der Waals surface area contributed by atoms with Gasteiger partial charge in [-0.25, -0.2) is 18.0 Å². The van der Waals surface area contributed by atoms with Crippen molar-refractivity contribution in [2.24, 2.45) is 0 Å². The van der Waals surface area contributed by atoms with Crippen molar-refractivity contribution in [2.75, 3.05) is 58.1 Å². The van der Waals surface area contributed by atoms with Crippen LogP contribution in [0, 0.1) is 34.0 Å². The smallest absolute Gasteiger partial charge is 0.411 e. The third-order valence-corrected chi connectivity index (χ3v) is 7.63. The fourth-order valence-corrected chi connectivity index (χ4v) is 4.44. The van der Waals surface area contributed by atoms with E-state index in [-0.39, 0.29) is 63.0 Å². The molecule has 2 amide bonds. The van der Waals surface area contributed by atoms with Gasteiger partial charge in [-0.15, -0.1) is 24.8 Å². The zero-order valence-electron chi connectivity index (χ0n) is 27.9. The quantitative estimate of drug-likeness (QED) is 0.401. The predicted molar refractivity (Wildman–Crippen MR) is 187 cm³/mol. The summed E-state index contributed by atoms with van der Waals surface area (Å²) in [4.78, 5) is 36.0. The summed E-state index contributed by atoms with van der Waals surface area (Å²) in [6, 6.07) is 5.78. The molecule has 0 spiro atoms. The summed E-state index contributed by atoms with van der Waals surface area (Å²) >= 11 is 0. The number of nitrogens with one attached hydrogen (secondary N) is 1. The van der Waals surface area contributed by atoms with Crippen LogP contribution in [0.15, 0.2) is 34.9 Å². The van der Waals surface area contributed by atoms with Crippen LogP contribution in [0.25, 0.3) is 0 Å². The van der Waals surface area contributed by atoms with Crippen LogP contribution in [0.4, 0.5) is 9.59 Å². The predicted octanol–water partition coefficient (Wildman–Crippen LogP) is 4.11. The molecule has 4 heterocycles. The van der Waals surface area contributed by atoms with Crippen LogP contribution < -0.4 is 5.32 Å². The first-order chi connectivity index (χ1) is 20.8. The van der Waals surface area contributed by atoms with Crippen molar-refractivity contribution in [1.82, 2.24) is 19.4 Å². The van der Waals surface area contributed by atoms with Gasteiger partial charge in [0, 0.05) is 57.5 Å². The normalized spacial score (nSPS) is 15.9. The second-order valence-corrected chi connectivity index (χ2v) is 14.5. The Labute approximate surface area is 297 Å². The van der Waals surface area contributed by atoms with Crippen LogP contribution in [-0.2, 0) is 24.3 Å². The van der Waals surface area contributed by atoms with E-state index in [0.717, 1.165) is 24.2 Å². The lowest BCUT2D eigenvalue weighted by Crippen LogP contribution is -2.52. The number of allylic oxidation sites excluding steroid dienone is 3. The lowest BCUT2D eigenvalue weighted by molar-refractivity contribution is -0.128. The molecule has 0 saturated carbocycles. The van der Waals surface area contributed by atoms with Crippen molar-refractivity contribution in [3.63, 3.8) is 0 Å². The molecule has 0 aliphatic carbocycles. The number of amides is 2. The maximum Gasteiger partial charge on any atom is 0.411 e. The standard InChI is InChI=1S/C10H14N2O2.C8H13NO3.C7H10N2O2S.C5H6N2.CH4.2ClH/c1-10(2,3)14-9(13)12-6-8(7-12)4-5-11;1-8(2,3)12-7(11)9-4-6(10)5-9;1-2-12(10,11)9-5-7(6-9)3-4-8;6-2-1-5-3-7-4-5;;;/h4H,6-7H2,1-3H3;4-5H2,1-3H3;3H,2,5-6H2,1H3;1,7H,3-4H2;1H4;2*1H. The number of ketones is 1. The minimum atomic E-state index is -3.03. The van der Waals surface area contributed by atoms with Crippen LogP contribution in [0.5, 0.6) is 0 Å². The molecule has 0 atom stereocenters. The van der Waals surface area contributed by atoms with E-state index in [2.05, 4.69) is 5.32 Å². The molecule has 0 aromatic carbocycles. The third-order valence-electron chi connectivity index (χ3n) is 5.85. The molecule has 1 N–H and O–H groups in total. The Hall–Kier alpha value is -3.65. The van der Waals surface area contributed by atoms with Crippen molar-refractivity contribution in [2.45, 2.75) is 67.1 Å². The number of rotatable bonds is 2. The van der Waals surface area contributed by atoms with Crippen molar-refractivity contribution < 1.29 is 32.3 Å². The number of hydrogen-bond acceptors (Lipinski definition) is 11. The van der Waals surface area contributed by atoms with Gasteiger partial charge in [-0.3, -0.25) is 9.69 Å². The maximum atomic E-state index is 11.4. The van der Waals surface area contributed by atoms with E-state index < -0.39 is 27.3 Å². The molecule has 4 rings (SSSR count). The Kier molecular flexibility index (Phi) is 22.4. The van der Waals surface area contributed by atoms with Gasteiger partial charge in [-0.05, 0) is 65.2 Å². The molecule has 0 aromatic heterocycles. The van der Waals surface area contributed by atoms with Crippen molar-refractivity contribution in [3.8, 4) is 18.2 Å². The highest BCUT2D eigenvalue weighted by molar-refractivity contribution is 7.89. The Morgan fingerprint density at radius 1 is 0.750 bits per heavy atom. The van der Waals surface area contributed by atoms with Gasteiger partial charge in [-0.2, -0.15) is 20.1 Å². The van der Waals surface area contributed by atoms with Gasteiger partial charge in [0.2, 0.25) is 10.0 Å². The van der Waals surface area contributed by atoms with Crippen LogP contribution >= 0.6 is 24.8 Å². The minimum absolute atomic E-state index is 0. The number of halogens is 2. The van der Waals surface area contributed by atoms with Gasteiger partial charge in [0.25, 0.3) is 0 Å². The van der Waals surface area contributed by atoms with Gasteiger partial charge in [-0.1, -0.05) is 7.43 Å². The monoisotopic (exact) mass is 733 g/mol. The largest absolute Gasteiger partial charge is 0.444 e. The first-order valence-electron chi connectivity index (χ1n) is 14.2. The molecule has 4 saturated heterocycles. The highest BCUT2D eigenvalue weighted by Gasteiger charge is 2.32. The average molecular weight is 735 g/mol. The summed E-state index contributed by atoms with van der Waals surface area (Å²) in [7, 11) is -3.03. The van der Waals surface area contributed by atoms with Crippen LogP contribution in [0.1, 0.15) is 55.9 Å². The molecular weight excluding hydrogens is 685 g/mol. The fourth-order valence-electron chi connectivity index (χ4n) is 3.35. The summed E-state index contributed by atoms with van der Waals surface area (Å²) in [6.07, 6.45) is 3.76. The second kappa shape index (κ2) is 22.1. The second-order valence-electron chi connectivity index (χ2n) is 12.3. The van der Waals surface area contributed by atoms with E-state index in [1.807, 2.05) is 39.0 Å². The van der Waals surface area contributed by atoms with Crippen molar-refractivity contribution in [1.29, 1.82) is 15.8 Å². The number of nitrogens with zero attached hydrogens (tertiary/aromatic N) is 6. The molecular formula is C31H49Cl2N7O7S. The zero-order valence-corrected chi connectivity index (χ0v) is 30.3. The number of nitriles is 3. The topological polar surface area (TPSA) is 197 Å². The third kappa shape index (κ3) is 18.6. The Bertz CT molecular complexity index is 1400. The number of carbonyl (C=O) groups excluding carboxylic acids is 3. The first-order valence-corrected chi connectivity index (χ1v) is 15.8. The molecule has 0 bridgehead atoms. The SMILES string of the molecule is C.CC(C)(C)OC(=O)N1CC(=CC#N)C1.CC(C)(C)OC(=O)N1CC(=O)C1.CCS(=O)(=O)N1CC(=CC#N)C1.Cl.Cl.N#CC=C1CNC1. The molecule has 0 unspecified atom stereocenters. The Morgan fingerprint density at radius 2 is 1.10 bits per heavy atom.